The van der Waals surface area contributed by atoms with Gasteiger partial charge in [0.05, 0.1) is 5.69 Å². The van der Waals surface area contributed by atoms with Crippen molar-refractivity contribution >= 4 is 23.3 Å². The third-order valence-electron chi connectivity index (χ3n) is 3.34. The molecule has 1 aliphatic heterocycles. The summed E-state index contributed by atoms with van der Waals surface area (Å²) in [5.74, 6) is 0.150. The topological polar surface area (TPSA) is 70.0 Å². The zero-order valence-corrected chi connectivity index (χ0v) is 11.6. The summed E-state index contributed by atoms with van der Waals surface area (Å²) in [6.45, 7) is 0. The van der Waals surface area contributed by atoms with Gasteiger partial charge >= 0.3 is 5.97 Å². The summed E-state index contributed by atoms with van der Waals surface area (Å²) >= 11 is 5.81. The minimum atomic E-state index is -1.06. The Hall–Kier alpha value is -2.24. The average Bonchev–Trinajstić information content (AvgIpc) is 2.78. The van der Waals surface area contributed by atoms with Gasteiger partial charge in [0.2, 0.25) is 0 Å². The van der Waals surface area contributed by atoms with Gasteiger partial charge in [0.1, 0.15) is 11.5 Å². The predicted octanol–water partition coefficient (Wildman–Crippen LogP) is 3.34. The lowest BCUT2D eigenvalue weighted by Gasteiger charge is -2.15. The van der Waals surface area contributed by atoms with E-state index in [1.54, 1.807) is 42.5 Å². The van der Waals surface area contributed by atoms with Crippen LogP contribution in [0.1, 0.15) is 5.56 Å². The van der Waals surface area contributed by atoms with E-state index in [1.165, 1.54) is 0 Å². The smallest absolute Gasteiger partial charge is 0.329 e. The molecule has 0 radical (unpaired) electrons. The van der Waals surface area contributed by atoms with Crippen LogP contribution in [0.2, 0.25) is 5.02 Å². The quantitative estimate of drug-likeness (QED) is 0.910. The number of benzene rings is 2. The van der Waals surface area contributed by atoms with Gasteiger partial charge in [-0.1, -0.05) is 11.6 Å². The predicted molar refractivity (Wildman–Crippen MR) is 77.4 cm³/mol. The minimum absolute atomic E-state index is 0.235. The number of nitrogens with zero attached hydrogens (tertiary/aromatic N) is 1. The number of aliphatic carboxylic acids is 1. The number of carbonyl (C=O) groups is 1. The Kier molecular flexibility index (Phi) is 3.45. The zero-order valence-electron chi connectivity index (χ0n) is 10.9. The monoisotopic (exact) mass is 305 g/mol. The number of fused-ring (bicyclic) bond motifs is 1. The van der Waals surface area contributed by atoms with Crippen LogP contribution in [0.3, 0.4) is 0 Å². The van der Waals surface area contributed by atoms with Crippen LogP contribution in [0, 0.1) is 0 Å². The molecule has 21 heavy (non-hydrogen) atoms. The van der Waals surface area contributed by atoms with Crippen molar-refractivity contribution in [3.05, 3.63) is 53.1 Å². The average molecular weight is 306 g/mol. The van der Waals surface area contributed by atoms with Crippen LogP contribution in [-0.2, 0) is 11.2 Å². The van der Waals surface area contributed by atoms with E-state index in [0.717, 1.165) is 10.6 Å². The lowest BCUT2D eigenvalue weighted by atomic mass is 10.1. The van der Waals surface area contributed by atoms with Crippen molar-refractivity contribution < 1.29 is 19.8 Å². The van der Waals surface area contributed by atoms with Gasteiger partial charge in [-0.3, -0.25) is 5.21 Å². The Labute approximate surface area is 125 Å². The van der Waals surface area contributed by atoms with E-state index in [1.807, 2.05) is 0 Å². The van der Waals surface area contributed by atoms with Gasteiger partial charge in [-0.15, -0.1) is 0 Å². The molecule has 6 heteroatoms. The van der Waals surface area contributed by atoms with E-state index in [9.17, 15) is 10.0 Å². The summed E-state index contributed by atoms with van der Waals surface area (Å²) in [5, 5.41) is 20.3. The summed E-state index contributed by atoms with van der Waals surface area (Å²) < 4.78 is 5.68. The molecule has 2 aromatic rings. The summed E-state index contributed by atoms with van der Waals surface area (Å²) in [6.07, 6.45) is 0.235. The molecular weight excluding hydrogens is 294 g/mol. The number of halogens is 1. The van der Waals surface area contributed by atoms with E-state index in [-0.39, 0.29) is 6.42 Å². The number of anilines is 1. The molecule has 0 bridgehead atoms. The fourth-order valence-electron chi connectivity index (χ4n) is 2.31. The minimum Gasteiger partial charge on any atom is -0.480 e. The third-order valence-corrected chi connectivity index (χ3v) is 3.59. The molecule has 1 heterocycles. The van der Waals surface area contributed by atoms with Crippen LogP contribution >= 0.6 is 11.6 Å². The van der Waals surface area contributed by atoms with Crippen molar-refractivity contribution in [1.29, 1.82) is 0 Å². The van der Waals surface area contributed by atoms with Gasteiger partial charge in [-0.25, -0.2) is 9.86 Å². The molecule has 5 nitrogen and oxygen atoms in total. The first-order valence-electron chi connectivity index (χ1n) is 6.32. The van der Waals surface area contributed by atoms with E-state index < -0.39 is 12.0 Å². The SMILES string of the molecule is O=C(O)C1Cc2cc(Oc3ccc(Cl)cc3)ccc2N1O. The third kappa shape index (κ3) is 2.66. The molecule has 1 unspecified atom stereocenters. The Bertz CT molecular complexity index is 687. The second kappa shape index (κ2) is 5.27. The number of rotatable bonds is 3. The molecule has 0 saturated heterocycles. The Morgan fingerprint density at radius 1 is 1.19 bits per heavy atom. The summed E-state index contributed by atoms with van der Waals surface area (Å²) in [4.78, 5) is 11.0. The number of ether oxygens (including phenoxy) is 1. The lowest BCUT2D eigenvalue weighted by molar-refractivity contribution is -0.139. The van der Waals surface area contributed by atoms with Crippen LogP contribution < -0.4 is 9.80 Å². The molecule has 2 N–H and O–H groups in total. The maximum atomic E-state index is 11.0. The van der Waals surface area contributed by atoms with Crippen molar-refractivity contribution in [3.8, 4) is 11.5 Å². The largest absolute Gasteiger partial charge is 0.480 e. The molecule has 0 amide bonds. The second-order valence-electron chi connectivity index (χ2n) is 4.75. The van der Waals surface area contributed by atoms with Gasteiger partial charge < -0.3 is 9.84 Å². The number of carboxylic acids is 1. The molecule has 0 saturated carbocycles. The van der Waals surface area contributed by atoms with Gasteiger partial charge in [-0.2, -0.15) is 0 Å². The molecule has 1 atom stereocenters. The Morgan fingerprint density at radius 2 is 1.86 bits per heavy atom. The Balaban J connectivity index is 1.83. The van der Waals surface area contributed by atoms with Gasteiger partial charge in [0.15, 0.2) is 6.04 Å². The van der Waals surface area contributed by atoms with Crippen LogP contribution in [0.4, 0.5) is 5.69 Å². The van der Waals surface area contributed by atoms with Crippen molar-refractivity contribution in [1.82, 2.24) is 0 Å². The van der Waals surface area contributed by atoms with Crippen LogP contribution in [0.5, 0.6) is 11.5 Å². The van der Waals surface area contributed by atoms with Gasteiger partial charge in [-0.05, 0) is 48.0 Å². The van der Waals surface area contributed by atoms with Crippen molar-refractivity contribution in [3.63, 3.8) is 0 Å². The highest BCUT2D eigenvalue weighted by molar-refractivity contribution is 6.30. The molecule has 0 spiro atoms. The first-order valence-corrected chi connectivity index (χ1v) is 6.69. The molecule has 3 rings (SSSR count). The normalized spacial score (nSPS) is 16.7. The van der Waals surface area contributed by atoms with Crippen LogP contribution in [-0.4, -0.2) is 22.3 Å². The van der Waals surface area contributed by atoms with Gasteiger partial charge in [0, 0.05) is 11.4 Å². The summed E-state index contributed by atoms with van der Waals surface area (Å²) in [7, 11) is 0. The zero-order chi connectivity index (χ0) is 15.0. The highest BCUT2D eigenvalue weighted by Gasteiger charge is 2.34. The summed E-state index contributed by atoms with van der Waals surface area (Å²) in [5.41, 5.74) is 1.22. The highest BCUT2D eigenvalue weighted by atomic mass is 35.5. The van der Waals surface area contributed by atoms with Crippen molar-refractivity contribution in [2.24, 2.45) is 0 Å². The number of hydrogen-bond acceptors (Lipinski definition) is 4. The first kappa shape index (κ1) is 13.7. The number of carboxylic acid groups (broad SMARTS) is 1. The molecule has 0 fully saturated rings. The standard InChI is InChI=1S/C15H12ClNO4/c16-10-1-3-11(4-2-10)21-12-5-6-13-9(7-12)8-14(15(18)19)17(13)20/h1-7,14,20H,8H2,(H,18,19). The number of hydroxylamine groups is 1. The van der Waals surface area contributed by atoms with Crippen LogP contribution in [0.25, 0.3) is 0 Å². The van der Waals surface area contributed by atoms with E-state index >= 15 is 0 Å². The molecule has 108 valence electrons. The Morgan fingerprint density at radius 3 is 2.52 bits per heavy atom. The van der Waals surface area contributed by atoms with Gasteiger partial charge in [0.25, 0.3) is 0 Å². The van der Waals surface area contributed by atoms with Crippen molar-refractivity contribution in [2.75, 3.05) is 5.06 Å². The van der Waals surface area contributed by atoms with E-state index in [4.69, 9.17) is 21.4 Å². The molecule has 0 aromatic heterocycles. The lowest BCUT2D eigenvalue weighted by Crippen LogP contribution is -2.35. The number of hydrogen-bond donors (Lipinski definition) is 2. The fraction of sp³-hybridized carbons (Fsp3) is 0.133. The molecule has 2 aromatic carbocycles. The molecule has 0 aliphatic carbocycles. The second-order valence-corrected chi connectivity index (χ2v) is 5.19. The van der Waals surface area contributed by atoms with Crippen LogP contribution in [0.15, 0.2) is 42.5 Å². The first-order chi connectivity index (χ1) is 10.0. The van der Waals surface area contributed by atoms with E-state index in [2.05, 4.69) is 0 Å². The molecular formula is C15H12ClNO4. The summed E-state index contributed by atoms with van der Waals surface area (Å²) in [6, 6.07) is 11.0. The highest BCUT2D eigenvalue weighted by Crippen LogP contribution is 2.35. The van der Waals surface area contributed by atoms with E-state index in [0.29, 0.717) is 22.2 Å². The maximum Gasteiger partial charge on any atom is 0.329 e. The maximum absolute atomic E-state index is 11.0. The van der Waals surface area contributed by atoms with Crippen molar-refractivity contribution in [2.45, 2.75) is 12.5 Å². The molecule has 1 aliphatic rings. The fourth-order valence-corrected chi connectivity index (χ4v) is 2.43.